The van der Waals surface area contributed by atoms with Crippen LogP contribution < -0.4 is 0 Å². The molecule has 1 aliphatic rings. The van der Waals surface area contributed by atoms with E-state index in [1.165, 1.54) is 0 Å². The van der Waals surface area contributed by atoms with Gasteiger partial charge in [-0.15, -0.1) is 0 Å². The monoisotopic (exact) mass is 194 g/mol. The Hall–Kier alpha value is -0.130. The molecule has 0 aromatic heterocycles. The van der Waals surface area contributed by atoms with Gasteiger partial charge in [0.25, 0.3) is 10.1 Å². The molecule has 0 aromatic carbocycles. The van der Waals surface area contributed by atoms with Crippen molar-refractivity contribution in [1.82, 2.24) is 0 Å². The predicted octanol–water partition coefficient (Wildman–Crippen LogP) is 0.532. The molecule has 0 N–H and O–H groups in total. The van der Waals surface area contributed by atoms with E-state index in [-0.39, 0.29) is 18.5 Å². The third kappa shape index (κ3) is 4.04. The predicted molar refractivity (Wildman–Crippen MR) is 44.4 cm³/mol. The molecule has 12 heavy (non-hydrogen) atoms. The maximum Gasteiger partial charge on any atom is 0.267 e. The van der Waals surface area contributed by atoms with E-state index in [1.54, 1.807) is 0 Å². The van der Waals surface area contributed by atoms with Gasteiger partial charge in [0, 0.05) is 0 Å². The van der Waals surface area contributed by atoms with Crippen LogP contribution in [0.25, 0.3) is 0 Å². The molecular weight excluding hydrogens is 180 g/mol. The Kier molecular flexibility index (Phi) is 3.49. The molecule has 1 rings (SSSR count). The summed E-state index contributed by atoms with van der Waals surface area (Å²) in [5.74, 6) is 0.121. The molecular formula is C7H14O4S. The summed E-state index contributed by atoms with van der Waals surface area (Å²) in [6.45, 7) is 2.76. The molecule has 0 aromatic rings. The molecule has 1 fully saturated rings. The van der Waals surface area contributed by atoms with Crippen LogP contribution in [0.2, 0.25) is 0 Å². The van der Waals surface area contributed by atoms with E-state index < -0.39 is 10.1 Å². The van der Waals surface area contributed by atoms with Gasteiger partial charge in [-0.1, -0.05) is 13.3 Å². The van der Waals surface area contributed by atoms with E-state index >= 15 is 0 Å². The van der Waals surface area contributed by atoms with Crippen LogP contribution in [-0.2, 0) is 19.0 Å². The van der Waals surface area contributed by atoms with E-state index in [0.717, 1.165) is 6.42 Å². The lowest BCUT2D eigenvalue weighted by Gasteiger charge is -2.01. The lowest BCUT2D eigenvalue weighted by molar-refractivity contribution is 0.266. The third-order valence-corrected chi connectivity index (χ3v) is 2.87. The van der Waals surface area contributed by atoms with Crippen molar-refractivity contribution in [3.8, 4) is 0 Å². The summed E-state index contributed by atoms with van der Waals surface area (Å²) in [6.07, 6.45) is 1.54. The highest BCUT2D eigenvalue weighted by Crippen LogP contribution is 2.10. The summed E-state index contributed by atoms with van der Waals surface area (Å²) in [4.78, 5) is 0. The van der Waals surface area contributed by atoms with Gasteiger partial charge in [-0.3, -0.25) is 4.18 Å². The molecule has 0 amide bonds. The minimum Gasteiger partial charge on any atom is -0.371 e. The lowest BCUT2D eigenvalue weighted by Crippen LogP contribution is -2.13. The van der Waals surface area contributed by atoms with Crippen LogP contribution in [0.1, 0.15) is 19.8 Å². The molecule has 0 spiro atoms. The summed E-state index contributed by atoms with van der Waals surface area (Å²) in [5.41, 5.74) is 0. The number of ether oxygens (including phenoxy) is 1. The standard InChI is InChI=1S/C7H14O4S/c1-2-3-4-12(8,9)11-6-7-5-10-7/h7H,2-6H2,1H3/t7-/m0/s1. The first kappa shape index (κ1) is 9.95. The second kappa shape index (κ2) is 4.20. The first-order chi connectivity index (χ1) is 5.64. The van der Waals surface area contributed by atoms with Crippen LogP contribution >= 0.6 is 0 Å². The number of epoxide rings is 1. The van der Waals surface area contributed by atoms with E-state index in [4.69, 9.17) is 8.92 Å². The Morgan fingerprint density at radius 2 is 2.25 bits per heavy atom. The average molecular weight is 194 g/mol. The Morgan fingerprint density at radius 3 is 2.75 bits per heavy atom. The van der Waals surface area contributed by atoms with Crippen LogP contribution in [0.4, 0.5) is 0 Å². The molecule has 1 saturated heterocycles. The molecule has 5 heteroatoms. The minimum absolute atomic E-state index is 0.0152. The molecule has 0 aliphatic carbocycles. The fourth-order valence-corrected chi connectivity index (χ4v) is 1.84. The fraction of sp³-hybridized carbons (Fsp3) is 1.00. The van der Waals surface area contributed by atoms with Crippen LogP contribution in [0.3, 0.4) is 0 Å². The number of unbranched alkanes of at least 4 members (excludes halogenated alkanes) is 1. The van der Waals surface area contributed by atoms with Crippen molar-refractivity contribution in [1.29, 1.82) is 0 Å². The van der Waals surface area contributed by atoms with Crippen LogP contribution in [-0.4, -0.2) is 33.5 Å². The zero-order valence-corrected chi connectivity index (χ0v) is 7.97. The van der Waals surface area contributed by atoms with Crippen molar-refractivity contribution in [2.45, 2.75) is 25.9 Å². The Morgan fingerprint density at radius 1 is 1.58 bits per heavy atom. The summed E-state index contributed by atoms with van der Waals surface area (Å²) in [6, 6.07) is 0. The normalized spacial score (nSPS) is 22.6. The van der Waals surface area contributed by atoms with Gasteiger partial charge in [0.1, 0.15) is 6.10 Å². The zero-order valence-electron chi connectivity index (χ0n) is 7.15. The summed E-state index contributed by atoms with van der Waals surface area (Å²) < 4.78 is 31.6. The van der Waals surface area contributed by atoms with Crippen molar-refractivity contribution in [2.24, 2.45) is 0 Å². The molecule has 4 nitrogen and oxygen atoms in total. The van der Waals surface area contributed by atoms with Crippen molar-refractivity contribution < 1.29 is 17.3 Å². The molecule has 1 aliphatic heterocycles. The molecule has 0 unspecified atom stereocenters. The maximum atomic E-state index is 11.0. The first-order valence-electron chi connectivity index (χ1n) is 4.13. The van der Waals surface area contributed by atoms with E-state index in [0.29, 0.717) is 13.0 Å². The molecule has 1 heterocycles. The number of hydrogen-bond donors (Lipinski definition) is 0. The maximum absolute atomic E-state index is 11.0. The SMILES string of the molecule is CCCCS(=O)(=O)OC[C@@H]1CO1. The van der Waals surface area contributed by atoms with Crippen molar-refractivity contribution in [3.05, 3.63) is 0 Å². The Balaban J connectivity index is 2.17. The van der Waals surface area contributed by atoms with Gasteiger partial charge >= 0.3 is 0 Å². The Bertz CT molecular complexity index is 218. The van der Waals surface area contributed by atoms with Crippen molar-refractivity contribution in [3.63, 3.8) is 0 Å². The number of rotatable bonds is 6. The molecule has 0 bridgehead atoms. The zero-order chi connectivity index (χ0) is 9.03. The van der Waals surface area contributed by atoms with Gasteiger partial charge in [0.2, 0.25) is 0 Å². The topological polar surface area (TPSA) is 55.9 Å². The highest BCUT2D eigenvalue weighted by molar-refractivity contribution is 7.86. The summed E-state index contributed by atoms with van der Waals surface area (Å²) in [5, 5.41) is 0. The van der Waals surface area contributed by atoms with Gasteiger partial charge < -0.3 is 4.74 Å². The highest BCUT2D eigenvalue weighted by atomic mass is 32.2. The molecule has 1 atom stereocenters. The molecule has 0 saturated carbocycles. The number of hydrogen-bond acceptors (Lipinski definition) is 4. The van der Waals surface area contributed by atoms with E-state index in [9.17, 15) is 8.42 Å². The largest absolute Gasteiger partial charge is 0.371 e. The molecule has 72 valence electrons. The molecule has 0 radical (unpaired) electrons. The quantitative estimate of drug-likeness (QED) is 0.457. The van der Waals surface area contributed by atoms with E-state index in [2.05, 4.69) is 0 Å². The second-order valence-corrected chi connectivity index (χ2v) is 4.61. The third-order valence-electron chi connectivity index (χ3n) is 1.58. The van der Waals surface area contributed by atoms with Crippen molar-refractivity contribution in [2.75, 3.05) is 19.0 Å². The van der Waals surface area contributed by atoms with Crippen LogP contribution in [0.15, 0.2) is 0 Å². The van der Waals surface area contributed by atoms with Gasteiger partial charge in [-0.05, 0) is 6.42 Å². The van der Waals surface area contributed by atoms with E-state index in [1.807, 2.05) is 6.92 Å². The fourth-order valence-electron chi connectivity index (χ4n) is 0.724. The van der Waals surface area contributed by atoms with Gasteiger partial charge in [0.05, 0.1) is 19.0 Å². The Labute approximate surface area is 73.0 Å². The summed E-state index contributed by atoms with van der Waals surface area (Å²) in [7, 11) is -3.28. The van der Waals surface area contributed by atoms with Crippen LogP contribution in [0, 0.1) is 0 Å². The minimum atomic E-state index is -3.28. The highest BCUT2D eigenvalue weighted by Gasteiger charge is 2.25. The lowest BCUT2D eigenvalue weighted by atomic mass is 10.4. The average Bonchev–Trinajstić information content (AvgIpc) is 2.81. The smallest absolute Gasteiger partial charge is 0.267 e. The van der Waals surface area contributed by atoms with Gasteiger partial charge in [-0.2, -0.15) is 8.42 Å². The first-order valence-corrected chi connectivity index (χ1v) is 5.70. The van der Waals surface area contributed by atoms with Crippen molar-refractivity contribution >= 4 is 10.1 Å². The van der Waals surface area contributed by atoms with Crippen LogP contribution in [0.5, 0.6) is 0 Å². The summed E-state index contributed by atoms with van der Waals surface area (Å²) >= 11 is 0. The van der Waals surface area contributed by atoms with Gasteiger partial charge in [-0.25, -0.2) is 0 Å². The second-order valence-electron chi connectivity index (χ2n) is 2.86. The van der Waals surface area contributed by atoms with Gasteiger partial charge in [0.15, 0.2) is 0 Å².